The Morgan fingerprint density at radius 1 is 1.53 bits per heavy atom. The van der Waals surface area contributed by atoms with Crippen molar-refractivity contribution in [3.05, 3.63) is 0 Å². The lowest BCUT2D eigenvalue weighted by atomic mass is 9.99. The average molecular weight is 214 g/mol. The van der Waals surface area contributed by atoms with Gasteiger partial charge in [-0.1, -0.05) is 20.3 Å². The number of nitrogens with two attached hydrogens (primary N) is 1. The maximum absolute atomic E-state index is 11.6. The van der Waals surface area contributed by atoms with E-state index in [1.54, 1.807) is 6.92 Å². The molecule has 1 amide bonds. The molecular weight excluding hydrogens is 196 g/mol. The first-order valence-corrected chi connectivity index (χ1v) is 5.23. The minimum absolute atomic E-state index is 0.0891. The van der Waals surface area contributed by atoms with Gasteiger partial charge in [-0.3, -0.25) is 4.79 Å². The molecule has 0 bridgehead atoms. The van der Waals surface area contributed by atoms with Crippen molar-refractivity contribution < 1.29 is 14.7 Å². The van der Waals surface area contributed by atoms with Crippen LogP contribution in [0.2, 0.25) is 0 Å². The highest BCUT2D eigenvalue weighted by atomic mass is 16.4. The number of hydrogen-bond donors (Lipinski definition) is 3. The summed E-state index contributed by atoms with van der Waals surface area (Å²) in [6, 6.07) is -0.830. The molecule has 1 aliphatic rings. The summed E-state index contributed by atoms with van der Waals surface area (Å²) in [7, 11) is 0. The summed E-state index contributed by atoms with van der Waals surface area (Å²) >= 11 is 0. The first kappa shape index (κ1) is 12.0. The Hall–Kier alpha value is -1.10. The second kappa shape index (κ2) is 4.18. The van der Waals surface area contributed by atoms with E-state index in [0.29, 0.717) is 19.3 Å². The van der Waals surface area contributed by atoms with Crippen LogP contribution in [0.25, 0.3) is 0 Å². The summed E-state index contributed by atoms with van der Waals surface area (Å²) in [4.78, 5) is 22.5. The number of amides is 1. The minimum Gasteiger partial charge on any atom is -0.480 e. The lowest BCUT2D eigenvalue weighted by molar-refractivity contribution is -0.143. The van der Waals surface area contributed by atoms with E-state index in [2.05, 4.69) is 5.32 Å². The fraction of sp³-hybridized carbons (Fsp3) is 0.800. The predicted octanol–water partition coefficient (Wildman–Crippen LogP) is 0.0932. The van der Waals surface area contributed by atoms with Crippen molar-refractivity contribution in [2.75, 3.05) is 0 Å². The maximum atomic E-state index is 11.6. The smallest absolute Gasteiger partial charge is 0.326 e. The van der Waals surface area contributed by atoms with E-state index in [-0.39, 0.29) is 11.8 Å². The number of nitrogens with one attached hydrogen (secondary N) is 1. The van der Waals surface area contributed by atoms with E-state index in [1.165, 1.54) is 0 Å². The van der Waals surface area contributed by atoms with E-state index in [0.717, 1.165) is 0 Å². The molecule has 0 aromatic heterocycles. The van der Waals surface area contributed by atoms with Gasteiger partial charge in [-0.15, -0.1) is 0 Å². The fourth-order valence-corrected chi connectivity index (χ4v) is 1.33. The Labute approximate surface area is 89.0 Å². The van der Waals surface area contributed by atoms with Gasteiger partial charge in [-0.25, -0.2) is 4.79 Å². The van der Waals surface area contributed by atoms with Gasteiger partial charge in [-0.2, -0.15) is 0 Å². The molecule has 0 aliphatic heterocycles. The van der Waals surface area contributed by atoms with Crippen LogP contribution in [0, 0.1) is 5.92 Å². The summed E-state index contributed by atoms with van der Waals surface area (Å²) < 4.78 is 0. The Bertz CT molecular complexity index is 274. The molecule has 2 unspecified atom stereocenters. The van der Waals surface area contributed by atoms with Gasteiger partial charge in [0.1, 0.15) is 6.04 Å². The van der Waals surface area contributed by atoms with Gasteiger partial charge in [0, 0.05) is 0 Å². The maximum Gasteiger partial charge on any atom is 0.326 e. The van der Waals surface area contributed by atoms with Crippen LogP contribution < -0.4 is 11.1 Å². The van der Waals surface area contributed by atoms with Gasteiger partial charge in [0.15, 0.2) is 0 Å². The quantitative estimate of drug-likeness (QED) is 0.605. The summed E-state index contributed by atoms with van der Waals surface area (Å²) in [5, 5.41) is 11.5. The predicted molar refractivity (Wildman–Crippen MR) is 55.2 cm³/mol. The second-order valence-corrected chi connectivity index (χ2v) is 4.33. The minimum atomic E-state index is -0.998. The van der Waals surface area contributed by atoms with Crippen LogP contribution in [0.15, 0.2) is 0 Å². The summed E-state index contributed by atoms with van der Waals surface area (Å²) in [6.07, 6.45) is 1.99. The van der Waals surface area contributed by atoms with E-state index in [4.69, 9.17) is 10.8 Å². The van der Waals surface area contributed by atoms with Crippen LogP contribution in [0.3, 0.4) is 0 Å². The van der Waals surface area contributed by atoms with E-state index in [9.17, 15) is 9.59 Å². The highest BCUT2D eigenvalue weighted by Crippen LogP contribution is 2.32. The van der Waals surface area contributed by atoms with Crippen LogP contribution in [-0.2, 0) is 9.59 Å². The molecule has 4 N–H and O–H groups in total. The van der Waals surface area contributed by atoms with Gasteiger partial charge >= 0.3 is 5.97 Å². The number of carboxylic acid groups (broad SMARTS) is 1. The molecule has 5 nitrogen and oxygen atoms in total. The van der Waals surface area contributed by atoms with Crippen LogP contribution >= 0.6 is 0 Å². The average Bonchev–Trinajstić information content (AvgIpc) is 2.92. The number of carboxylic acids is 1. The molecule has 0 aromatic carbocycles. The number of carbonyl (C=O) groups excluding carboxylic acids is 1. The van der Waals surface area contributed by atoms with Crippen LogP contribution in [0.5, 0.6) is 0 Å². The third kappa shape index (κ3) is 2.68. The van der Waals surface area contributed by atoms with E-state index >= 15 is 0 Å². The third-order valence-corrected chi connectivity index (χ3v) is 3.01. The molecule has 0 radical (unpaired) electrons. The van der Waals surface area contributed by atoms with Gasteiger partial charge in [-0.05, 0) is 18.8 Å². The van der Waals surface area contributed by atoms with Crippen LogP contribution in [0.1, 0.15) is 33.1 Å². The van der Waals surface area contributed by atoms with Gasteiger partial charge < -0.3 is 16.2 Å². The fourth-order valence-electron chi connectivity index (χ4n) is 1.33. The molecule has 15 heavy (non-hydrogen) atoms. The van der Waals surface area contributed by atoms with E-state index in [1.807, 2.05) is 6.92 Å². The molecule has 1 rings (SSSR count). The Morgan fingerprint density at radius 3 is 2.40 bits per heavy atom. The van der Waals surface area contributed by atoms with Crippen molar-refractivity contribution in [1.82, 2.24) is 5.32 Å². The van der Waals surface area contributed by atoms with Crippen molar-refractivity contribution in [2.45, 2.75) is 44.7 Å². The first-order chi connectivity index (χ1) is 6.90. The standard InChI is InChI=1S/C10H18N2O3/c1-3-6(2)7(8(13)14)12-9(15)10(11)4-5-10/h6-7H,3-5,11H2,1-2H3,(H,12,15)(H,13,14). The summed E-state index contributed by atoms with van der Waals surface area (Å²) in [6.45, 7) is 3.69. The molecule has 1 saturated carbocycles. The number of carbonyl (C=O) groups is 2. The van der Waals surface area contributed by atoms with Crippen molar-refractivity contribution >= 4 is 11.9 Å². The van der Waals surface area contributed by atoms with Crippen molar-refractivity contribution in [2.24, 2.45) is 11.7 Å². The molecule has 1 aliphatic carbocycles. The zero-order valence-corrected chi connectivity index (χ0v) is 9.12. The zero-order valence-electron chi connectivity index (χ0n) is 9.12. The number of rotatable bonds is 5. The van der Waals surface area contributed by atoms with Crippen LogP contribution in [-0.4, -0.2) is 28.6 Å². The van der Waals surface area contributed by atoms with Gasteiger partial charge in [0.2, 0.25) is 5.91 Å². The molecular formula is C10H18N2O3. The monoisotopic (exact) mass is 214 g/mol. The van der Waals surface area contributed by atoms with Crippen LogP contribution in [0.4, 0.5) is 0 Å². The zero-order chi connectivity index (χ0) is 11.6. The molecule has 0 heterocycles. The second-order valence-electron chi connectivity index (χ2n) is 4.33. The Balaban J connectivity index is 2.58. The SMILES string of the molecule is CCC(C)C(NC(=O)C1(N)CC1)C(=O)O. The number of hydrogen-bond acceptors (Lipinski definition) is 3. The van der Waals surface area contributed by atoms with Crippen molar-refractivity contribution in [1.29, 1.82) is 0 Å². The van der Waals surface area contributed by atoms with E-state index < -0.39 is 17.6 Å². The molecule has 0 saturated heterocycles. The number of aliphatic carboxylic acids is 1. The molecule has 86 valence electrons. The molecule has 5 heteroatoms. The molecule has 0 spiro atoms. The molecule has 0 aromatic rings. The summed E-state index contributed by atoms with van der Waals surface area (Å²) in [5.41, 5.74) is 4.87. The highest BCUT2D eigenvalue weighted by molar-refractivity contribution is 5.92. The molecule has 2 atom stereocenters. The highest BCUT2D eigenvalue weighted by Gasteiger charge is 2.47. The van der Waals surface area contributed by atoms with Crippen molar-refractivity contribution in [3.8, 4) is 0 Å². The Morgan fingerprint density at radius 2 is 2.07 bits per heavy atom. The lowest BCUT2D eigenvalue weighted by Crippen LogP contribution is -2.52. The van der Waals surface area contributed by atoms with Gasteiger partial charge in [0.25, 0.3) is 0 Å². The normalized spacial score (nSPS) is 21.5. The third-order valence-electron chi connectivity index (χ3n) is 3.01. The van der Waals surface area contributed by atoms with Gasteiger partial charge in [0.05, 0.1) is 5.54 Å². The Kier molecular flexibility index (Phi) is 3.34. The summed E-state index contributed by atoms with van der Waals surface area (Å²) in [5.74, 6) is -1.43. The lowest BCUT2D eigenvalue weighted by Gasteiger charge is -2.21. The molecule has 1 fully saturated rings. The van der Waals surface area contributed by atoms with Crippen molar-refractivity contribution in [3.63, 3.8) is 0 Å². The first-order valence-electron chi connectivity index (χ1n) is 5.23. The topological polar surface area (TPSA) is 92.4 Å². The largest absolute Gasteiger partial charge is 0.480 e.